The lowest BCUT2D eigenvalue weighted by molar-refractivity contribution is -0.149. The summed E-state index contributed by atoms with van der Waals surface area (Å²) in [4.78, 5) is 0. The Labute approximate surface area is 109 Å². The van der Waals surface area contributed by atoms with Gasteiger partial charge in [0.15, 0.2) is 0 Å². The zero-order chi connectivity index (χ0) is 13.1. The van der Waals surface area contributed by atoms with Crippen LogP contribution in [0.3, 0.4) is 0 Å². The zero-order valence-corrected chi connectivity index (χ0v) is 12.6. The van der Waals surface area contributed by atoms with E-state index >= 15 is 0 Å². The van der Waals surface area contributed by atoms with Crippen molar-refractivity contribution in [2.45, 2.75) is 78.7 Å². The second kappa shape index (κ2) is 6.27. The summed E-state index contributed by atoms with van der Waals surface area (Å²) in [5, 5.41) is 0. The van der Waals surface area contributed by atoms with Crippen molar-refractivity contribution in [3.63, 3.8) is 0 Å². The first-order valence-corrected chi connectivity index (χ1v) is 7.38. The molecule has 1 fully saturated rings. The van der Waals surface area contributed by atoms with Crippen LogP contribution in [0.15, 0.2) is 0 Å². The number of hydrogen-bond acceptors (Lipinski definition) is 1. The van der Waals surface area contributed by atoms with Crippen molar-refractivity contribution >= 4 is 7.28 Å². The Balaban J connectivity index is 2.84. The molecule has 3 atom stereocenters. The van der Waals surface area contributed by atoms with Gasteiger partial charge in [0.05, 0.1) is 5.60 Å². The Bertz CT molecular complexity index is 227. The molecule has 2 heteroatoms. The summed E-state index contributed by atoms with van der Waals surface area (Å²) < 4.78 is 6.50. The maximum atomic E-state index is 6.50. The molecule has 0 aromatic carbocycles. The minimum atomic E-state index is 0.123. The first-order chi connectivity index (χ1) is 7.91. The molecule has 99 valence electrons. The fraction of sp³-hybridized carbons (Fsp3) is 1.00. The second-order valence-electron chi connectivity index (χ2n) is 6.58. The third-order valence-electron chi connectivity index (χ3n) is 4.43. The van der Waals surface area contributed by atoms with Gasteiger partial charge >= 0.3 is 0 Å². The highest BCUT2D eigenvalue weighted by atomic mass is 16.5. The monoisotopic (exact) mass is 237 g/mol. The molecule has 0 aromatic rings. The summed E-state index contributed by atoms with van der Waals surface area (Å²) in [6, 6.07) is 0.378. The molecule has 1 rings (SSSR count). The molecule has 0 saturated carbocycles. The molecule has 0 bridgehead atoms. The van der Waals surface area contributed by atoms with Crippen LogP contribution in [0, 0.1) is 17.8 Å². The van der Waals surface area contributed by atoms with E-state index in [4.69, 9.17) is 4.74 Å². The van der Waals surface area contributed by atoms with Crippen molar-refractivity contribution in [3.05, 3.63) is 0 Å². The van der Waals surface area contributed by atoms with E-state index in [-0.39, 0.29) is 5.60 Å². The van der Waals surface area contributed by atoms with Crippen LogP contribution in [0.25, 0.3) is 0 Å². The molecule has 0 amide bonds. The van der Waals surface area contributed by atoms with Gasteiger partial charge in [0, 0.05) is 6.00 Å². The van der Waals surface area contributed by atoms with Crippen LogP contribution in [0.2, 0.25) is 6.82 Å². The van der Waals surface area contributed by atoms with E-state index in [9.17, 15) is 0 Å². The topological polar surface area (TPSA) is 9.23 Å². The van der Waals surface area contributed by atoms with E-state index in [0.717, 1.165) is 0 Å². The normalized spacial score (nSPS) is 31.9. The average molecular weight is 237 g/mol. The van der Waals surface area contributed by atoms with Gasteiger partial charge in [0.25, 0.3) is 0 Å². The van der Waals surface area contributed by atoms with Gasteiger partial charge in [-0.3, -0.25) is 0 Å². The quantitative estimate of drug-likeness (QED) is 0.646. The minimum Gasteiger partial charge on any atom is -0.380 e. The first-order valence-electron chi connectivity index (χ1n) is 7.38. The fourth-order valence-corrected chi connectivity index (χ4v) is 3.23. The molecule has 1 aliphatic rings. The molecule has 1 radical (unpaired) electrons. The Kier molecular flexibility index (Phi) is 5.56. The third kappa shape index (κ3) is 3.74. The van der Waals surface area contributed by atoms with E-state index in [2.05, 4.69) is 48.7 Å². The summed E-state index contributed by atoms with van der Waals surface area (Å²) >= 11 is 0. The highest BCUT2D eigenvalue weighted by molar-refractivity contribution is 6.35. The summed E-state index contributed by atoms with van der Waals surface area (Å²) in [7, 11) is 2.24. The van der Waals surface area contributed by atoms with Gasteiger partial charge < -0.3 is 4.74 Å². The molecule has 0 aromatic heterocycles. The highest BCUT2D eigenvalue weighted by Gasteiger charge is 2.42. The Morgan fingerprint density at radius 1 is 1.24 bits per heavy atom. The van der Waals surface area contributed by atoms with Crippen LogP contribution in [0.5, 0.6) is 0 Å². The van der Waals surface area contributed by atoms with Gasteiger partial charge in [-0.1, -0.05) is 41.4 Å². The van der Waals surface area contributed by atoms with Crippen LogP contribution in [0.1, 0.15) is 60.3 Å². The van der Waals surface area contributed by atoms with Crippen molar-refractivity contribution < 1.29 is 4.74 Å². The van der Waals surface area contributed by atoms with Crippen molar-refractivity contribution in [2.24, 2.45) is 17.8 Å². The lowest BCUT2D eigenvalue weighted by Crippen LogP contribution is -2.49. The molecule has 0 aliphatic carbocycles. The van der Waals surface area contributed by atoms with Crippen LogP contribution in [-0.4, -0.2) is 18.9 Å². The molecule has 0 spiro atoms. The van der Waals surface area contributed by atoms with Crippen molar-refractivity contribution in [3.8, 4) is 0 Å². The second-order valence-corrected chi connectivity index (χ2v) is 6.58. The van der Waals surface area contributed by atoms with E-state index in [1.165, 1.54) is 25.7 Å². The van der Waals surface area contributed by atoms with Crippen LogP contribution < -0.4 is 0 Å². The Hall–Kier alpha value is 0.0249. The molecule has 1 saturated heterocycles. The molecule has 3 unspecified atom stereocenters. The minimum absolute atomic E-state index is 0.123. The summed E-state index contributed by atoms with van der Waals surface area (Å²) in [6.45, 7) is 13.8. The SMILES string of the molecule is C[B]C1CCCC(CC(C)C)(C(C)C(C)C)O1. The van der Waals surface area contributed by atoms with Gasteiger partial charge in [-0.15, -0.1) is 0 Å². The van der Waals surface area contributed by atoms with E-state index in [1.54, 1.807) is 0 Å². The van der Waals surface area contributed by atoms with Gasteiger partial charge in [0.2, 0.25) is 0 Å². The highest BCUT2D eigenvalue weighted by Crippen LogP contribution is 2.42. The summed E-state index contributed by atoms with van der Waals surface area (Å²) in [5.41, 5.74) is 0.123. The molecule has 1 heterocycles. The molecular weight excluding hydrogens is 207 g/mol. The lowest BCUT2D eigenvalue weighted by atomic mass is 9.66. The third-order valence-corrected chi connectivity index (χ3v) is 4.43. The maximum absolute atomic E-state index is 6.50. The molecule has 0 N–H and O–H groups in total. The Morgan fingerprint density at radius 3 is 2.35 bits per heavy atom. The summed E-state index contributed by atoms with van der Waals surface area (Å²) in [5.74, 6) is 2.06. The standard InChI is InChI=1S/C15H30BO/c1-11(2)10-15(13(5)12(3)4)9-7-8-14(16-6)17-15/h11-14H,7-10H2,1-6H3. The number of rotatable bonds is 5. The van der Waals surface area contributed by atoms with Crippen LogP contribution in [0.4, 0.5) is 0 Å². The number of hydrogen-bond donors (Lipinski definition) is 0. The van der Waals surface area contributed by atoms with Crippen molar-refractivity contribution in [1.82, 2.24) is 0 Å². The van der Waals surface area contributed by atoms with E-state index in [0.29, 0.717) is 23.8 Å². The molecule has 1 nitrogen and oxygen atoms in total. The van der Waals surface area contributed by atoms with Gasteiger partial charge in [-0.2, -0.15) is 0 Å². The van der Waals surface area contributed by atoms with Gasteiger partial charge in [-0.25, -0.2) is 0 Å². The summed E-state index contributed by atoms with van der Waals surface area (Å²) in [6.07, 6.45) is 4.98. The van der Waals surface area contributed by atoms with E-state index < -0.39 is 0 Å². The fourth-order valence-electron chi connectivity index (χ4n) is 3.23. The largest absolute Gasteiger partial charge is 0.380 e. The molecule has 17 heavy (non-hydrogen) atoms. The van der Waals surface area contributed by atoms with Crippen molar-refractivity contribution in [1.29, 1.82) is 0 Å². The van der Waals surface area contributed by atoms with Crippen molar-refractivity contribution in [2.75, 3.05) is 0 Å². The molecular formula is C15H30BO. The average Bonchev–Trinajstić information content (AvgIpc) is 2.27. The van der Waals surface area contributed by atoms with Gasteiger partial charge in [0.1, 0.15) is 7.28 Å². The Morgan fingerprint density at radius 2 is 1.88 bits per heavy atom. The maximum Gasteiger partial charge on any atom is 0.146 e. The first kappa shape index (κ1) is 15.1. The molecule has 1 aliphatic heterocycles. The predicted molar refractivity (Wildman–Crippen MR) is 76.5 cm³/mol. The van der Waals surface area contributed by atoms with Crippen LogP contribution >= 0.6 is 0 Å². The smallest absolute Gasteiger partial charge is 0.146 e. The van der Waals surface area contributed by atoms with Crippen LogP contribution in [-0.2, 0) is 4.74 Å². The zero-order valence-electron chi connectivity index (χ0n) is 12.6. The lowest BCUT2D eigenvalue weighted by Gasteiger charge is -2.48. The predicted octanol–water partition coefficient (Wildman–Crippen LogP) is 4.34. The number of ether oxygens (including phenoxy) is 1. The van der Waals surface area contributed by atoms with E-state index in [1.807, 2.05) is 0 Å². The van der Waals surface area contributed by atoms with Gasteiger partial charge in [-0.05, 0) is 43.4 Å².